The number of carboxylic acid groups (broad SMARTS) is 1. The highest BCUT2D eigenvalue weighted by Crippen LogP contribution is 2.32. The average molecular weight is 277 g/mol. The molecular formula is C13H15N3O4. The van der Waals surface area contributed by atoms with E-state index in [1.54, 1.807) is 6.92 Å². The summed E-state index contributed by atoms with van der Waals surface area (Å²) >= 11 is 0. The summed E-state index contributed by atoms with van der Waals surface area (Å²) in [6.07, 6.45) is -0.659. The maximum atomic E-state index is 11.6. The lowest BCUT2D eigenvalue weighted by molar-refractivity contribution is -0.139. The van der Waals surface area contributed by atoms with E-state index in [2.05, 4.69) is 15.5 Å². The number of nitrogens with one attached hydrogen (secondary N) is 1. The number of aliphatic carboxylic acids is 1. The Kier molecular flexibility index (Phi) is 3.97. The number of alkyl carbamates (subject to hydrolysis) is 1. The number of hydrogen-bond donors (Lipinski definition) is 2. The number of amides is 1. The van der Waals surface area contributed by atoms with E-state index in [0.717, 1.165) is 5.56 Å². The van der Waals surface area contributed by atoms with Crippen molar-refractivity contribution < 1.29 is 19.4 Å². The van der Waals surface area contributed by atoms with Crippen molar-refractivity contribution in [2.45, 2.75) is 31.7 Å². The molecule has 0 aliphatic carbocycles. The quantitative estimate of drug-likeness (QED) is 0.829. The maximum Gasteiger partial charge on any atom is 0.408 e. The van der Waals surface area contributed by atoms with Crippen molar-refractivity contribution in [1.29, 1.82) is 0 Å². The zero-order chi connectivity index (χ0) is 14.6. The van der Waals surface area contributed by atoms with Crippen molar-refractivity contribution in [2.75, 3.05) is 0 Å². The molecule has 7 heteroatoms. The molecular weight excluding hydrogens is 262 g/mol. The van der Waals surface area contributed by atoms with Crippen LogP contribution in [0, 0.1) is 0 Å². The fourth-order valence-corrected chi connectivity index (χ4v) is 1.66. The van der Waals surface area contributed by atoms with Crippen molar-refractivity contribution in [2.24, 2.45) is 10.2 Å². The van der Waals surface area contributed by atoms with Gasteiger partial charge in [0.05, 0.1) is 0 Å². The second kappa shape index (κ2) is 5.68. The van der Waals surface area contributed by atoms with Crippen molar-refractivity contribution in [3.05, 3.63) is 35.9 Å². The number of hydrogen-bond acceptors (Lipinski definition) is 5. The first-order chi connectivity index (χ1) is 9.48. The van der Waals surface area contributed by atoms with Gasteiger partial charge >= 0.3 is 12.1 Å². The molecule has 1 aliphatic heterocycles. The van der Waals surface area contributed by atoms with Crippen LogP contribution in [0.4, 0.5) is 4.79 Å². The third-order valence-electron chi connectivity index (χ3n) is 2.84. The van der Waals surface area contributed by atoms with E-state index in [-0.39, 0.29) is 13.0 Å². The minimum absolute atomic E-state index is 0.0883. The van der Waals surface area contributed by atoms with Gasteiger partial charge in [-0.05, 0) is 12.5 Å². The van der Waals surface area contributed by atoms with E-state index in [4.69, 9.17) is 9.84 Å². The first-order valence-corrected chi connectivity index (χ1v) is 6.13. The van der Waals surface area contributed by atoms with Gasteiger partial charge in [0.15, 0.2) is 5.66 Å². The van der Waals surface area contributed by atoms with Gasteiger partial charge in [0.25, 0.3) is 0 Å². The number of rotatable bonds is 6. The molecule has 2 N–H and O–H groups in total. The number of ether oxygens (including phenoxy) is 1. The Morgan fingerprint density at radius 1 is 1.35 bits per heavy atom. The molecule has 0 radical (unpaired) electrons. The predicted molar refractivity (Wildman–Crippen MR) is 69.1 cm³/mol. The summed E-state index contributed by atoms with van der Waals surface area (Å²) in [5, 5.41) is 18.8. The zero-order valence-electron chi connectivity index (χ0n) is 10.9. The van der Waals surface area contributed by atoms with Crippen molar-refractivity contribution in [3.63, 3.8) is 0 Å². The van der Waals surface area contributed by atoms with E-state index in [1.165, 1.54) is 0 Å². The molecule has 0 aromatic heterocycles. The Labute approximate surface area is 115 Å². The van der Waals surface area contributed by atoms with Gasteiger partial charge in [0.2, 0.25) is 0 Å². The number of benzene rings is 1. The molecule has 1 atom stereocenters. The summed E-state index contributed by atoms with van der Waals surface area (Å²) in [4.78, 5) is 22.6. The second-order valence-electron chi connectivity index (χ2n) is 4.72. The molecule has 1 aromatic rings. The van der Waals surface area contributed by atoms with Crippen LogP contribution >= 0.6 is 0 Å². The van der Waals surface area contributed by atoms with Gasteiger partial charge in [-0.2, -0.15) is 10.2 Å². The Bertz CT molecular complexity index is 524. The molecule has 1 amide bonds. The molecule has 1 heterocycles. The summed E-state index contributed by atoms with van der Waals surface area (Å²) in [7, 11) is 0. The highest BCUT2D eigenvalue weighted by molar-refractivity contribution is 5.80. The SMILES string of the molecule is CC1(CC(NC(=O)OCc2ccccc2)C(=O)O)N=N1. The fraction of sp³-hybridized carbons (Fsp3) is 0.385. The Morgan fingerprint density at radius 3 is 2.55 bits per heavy atom. The normalized spacial score (nSPS) is 16.2. The van der Waals surface area contributed by atoms with E-state index in [0.29, 0.717) is 0 Å². The van der Waals surface area contributed by atoms with Crippen molar-refractivity contribution in [1.82, 2.24) is 5.32 Å². The van der Waals surface area contributed by atoms with Crippen LogP contribution in [0.3, 0.4) is 0 Å². The summed E-state index contributed by atoms with van der Waals surface area (Å²) in [6.45, 7) is 1.78. The molecule has 1 unspecified atom stereocenters. The van der Waals surface area contributed by atoms with Gasteiger partial charge in [-0.1, -0.05) is 30.3 Å². The van der Waals surface area contributed by atoms with E-state index in [1.807, 2.05) is 30.3 Å². The first-order valence-electron chi connectivity index (χ1n) is 6.13. The highest BCUT2D eigenvalue weighted by atomic mass is 16.5. The van der Waals surface area contributed by atoms with Crippen molar-refractivity contribution >= 4 is 12.1 Å². The Morgan fingerprint density at radius 2 is 2.00 bits per heavy atom. The van der Waals surface area contributed by atoms with Crippen LogP contribution in [0.5, 0.6) is 0 Å². The largest absolute Gasteiger partial charge is 0.480 e. The standard InChI is InChI=1S/C13H15N3O4/c1-13(15-16-13)7-10(11(17)18)14-12(19)20-8-9-5-3-2-4-6-9/h2-6,10H,7-8H2,1H3,(H,14,19)(H,17,18). The van der Waals surface area contributed by atoms with Gasteiger partial charge in [-0.15, -0.1) is 0 Å². The minimum atomic E-state index is -1.14. The highest BCUT2D eigenvalue weighted by Gasteiger charge is 2.39. The lowest BCUT2D eigenvalue weighted by Gasteiger charge is -2.15. The smallest absolute Gasteiger partial charge is 0.408 e. The Balaban J connectivity index is 1.81. The summed E-state index contributed by atoms with van der Waals surface area (Å²) in [5.41, 5.74) is 0.129. The monoisotopic (exact) mass is 277 g/mol. The van der Waals surface area contributed by atoms with Crippen LogP contribution in [0.15, 0.2) is 40.6 Å². The van der Waals surface area contributed by atoms with Crippen LogP contribution in [0.1, 0.15) is 18.9 Å². The fourth-order valence-electron chi connectivity index (χ4n) is 1.66. The second-order valence-corrected chi connectivity index (χ2v) is 4.72. The molecule has 2 rings (SSSR count). The summed E-state index contributed by atoms with van der Waals surface area (Å²) < 4.78 is 4.97. The van der Waals surface area contributed by atoms with E-state index < -0.39 is 23.8 Å². The van der Waals surface area contributed by atoms with Crippen LogP contribution in [0.25, 0.3) is 0 Å². The third kappa shape index (κ3) is 4.04. The topological polar surface area (TPSA) is 100 Å². The summed E-state index contributed by atoms with van der Waals surface area (Å²) in [5.74, 6) is -1.14. The molecule has 1 aromatic carbocycles. The number of carbonyl (C=O) groups is 2. The van der Waals surface area contributed by atoms with Crippen LogP contribution in [-0.4, -0.2) is 28.9 Å². The predicted octanol–water partition coefficient (Wildman–Crippen LogP) is 1.94. The van der Waals surface area contributed by atoms with E-state index >= 15 is 0 Å². The molecule has 20 heavy (non-hydrogen) atoms. The minimum Gasteiger partial charge on any atom is -0.480 e. The molecule has 0 saturated heterocycles. The van der Waals surface area contributed by atoms with Crippen LogP contribution in [-0.2, 0) is 16.1 Å². The molecule has 0 bridgehead atoms. The van der Waals surface area contributed by atoms with Gasteiger partial charge in [0, 0.05) is 6.42 Å². The third-order valence-corrected chi connectivity index (χ3v) is 2.84. The van der Waals surface area contributed by atoms with Gasteiger partial charge in [-0.25, -0.2) is 9.59 Å². The zero-order valence-corrected chi connectivity index (χ0v) is 10.9. The molecule has 0 fully saturated rings. The van der Waals surface area contributed by atoms with Gasteiger partial charge < -0.3 is 15.2 Å². The van der Waals surface area contributed by atoms with Crippen LogP contribution < -0.4 is 5.32 Å². The Hall–Kier alpha value is -2.44. The van der Waals surface area contributed by atoms with Crippen LogP contribution in [0.2, 0.25) is 0 Å². The molecule has 1 aliphatic rings. The summed E-state index contributed by atoms with van der Waals surface area (Å²) in [6, 6.07) is 8.06. The number of carbonyl (C=O) groups excluding carboxylic acids is 1. The van der Waals surface area contributed by atoms with Gasteiger partial charge in [0.1, 0.15) is 12.6 Å². The molecule has 106 valence electrons. The average Bonchev–Trinajstić information content (AvgIpc) is 3.14. The lowest BCUT2D eigenvalue weighted by Crippen LogP contribution is -2.43. The van der Waals surface area contributed by atoms with Gasteiger partial charge in [-0.3, -0.25) is 0 Å². The van der Waals surface area contributed by atoms with E-state index in [9.17, 15) is 9.59 Å². The molecule has 7 nitrogen and oxygen atoms in total. The first kappa shape index (κ1) is 14.0. The molecule has 0 spiro atoms. The van der Waals surface area contributed by atoms with Crippen molar-refractivity contribution in [3.8, 4) is 0 Å². The number of nitrogens with zero attached hydrogens (tertiary/aromatic N) is 2. The molecule has 0 saturated carbocycles. The maximum absolute atomic E-state index is 11.6. The number of carboxylic acids is 1. The lowest BCUT2D eigenvalue weighted by atomic mass is 10.1.